The lowest BCUT2D eigenvalue weighted by atomic mass is 10.3. The zero-order valence-corrected chi connectivity index (χ0v) is 14.4. The second-order valence-corrected chi connectivity index (χ2v) is 6.76. The molecule has 2 aromatic rings. The van der Waals surface area contributed by atoms with Crippen molar-refractivity contribution in [1.82, 2.24) is 0 Å². The van der Waals surface area contributed by atoms with E-state index in [1.807, 2.05) is 6.07 Å². The summed E-state index contributed by atoms with van der Waals surface area (Å²) in [5, 5.41) is 20.3. The van der Waals surface area contributed by atoms with Crippen LogP contribution in [0.1, 0.15) is 6.92 Å². The first-order chi connectivity index (χ1) is 12.0. The number of para-hydroxylation sites is 2. The molecule has 0 aliphatic heterocycles. The maximum Gasteiger partial charge on any atom is 0.266 e. The quantitative estimate of drug-likeness (QED) is 0.805. The molecule has 0 unspecified atom stereocenters. The normalized spacial score (nSPS) is 10.2. The molecule has 0 aliphatic rings. The number of hydrogen-bond donors (Lipinski definition) is 1. The topological polar surface area (TPSA) is 97.0 Å². The number of hydrogen-bond acceptors (Lipinski definition) is 5. The Balaban J connectivity index is 2.49. The van der Waals surface area contributed by atoms with Crippen LogP contribution in [0.4, 0.5) is 11.4 Å². The van der Waals surface area contributed by atoms with Gasteiger partial charge in [-0.2, -0.15) is 10.5 Å². The maximum absolute atomic E-state index is 13.1. The third kappa shape index (κ3) is 3.97. The second kappa shape index (κ2) is 8.00. The van der Waals surface area contributed by atoms with Crippen LogP contribution in [0.5, 0.6) is 0 Å². The predicted molar refractivity (Wildman–Crippen MR) is 96.0 cm³/mol. The van der Waals surface area contributed by atoms with Gasteiger partial charge in [-0.05, 0) is 31.2 Å². The standard InChI is InChI=1S/C18H16N4O2S/c1-2-22(16-8-4-3-5-9-16)25(23,24)18-11-7-6-10-17(18)21-14-15(12-19)13-20/h3-11,14,21H,2H2,1H3. The predicted octanol–water partition coefficient (Wildman–Crippen LogP) is 3.24. The maximum atomic E-state index is 13.1. The third-order valence-corrected chi connectivity index (χ3v) is 5.36. The minimum atomic E-state index is -3.82. The van der Waals surface area contributed by atoms with Crippen LogP contribution in [-0.2, 0) is 10.0 Å². The van der Waals surface area contributed by atoms with E-state index in [0.29, 0.717) is 11.4 Å². The molecule has 2 aromatic carbocycles. The molecule has 126 valence electrons. The van der Waals surface area contributed by atoms with Gasteiger partial charge in [-0.25, -0.2) is 8.42 Å². The van der Waals surface area contributed by atoms with Crippen molar-refractivity contribution in [2.45, 2.75) is 11.8 Å². The summed E-state index contributed by atoms with van der Waals surface area (Å²) in [6.07, 6.45) is 1.19. The number of rotatable bonds is 6. The number of nitrogens with one attached hydrogen (secondary N) is 1. The zero-order chi connectivity index (χ0) is 18.3. The smallest absolute Gasteiger partial charge is 0.266 e. The summed E-state index contributed by atoms with van der Waals surface area (Å²) in [5.74, 6) is 0. The van der Waals surface area contributed by atoms with Gasteiger partial charge in [-0.15, -0.1) is 0 Å². The van der Waals surface area contributed by atoms with Crippen molar-refractivity contribution in [1.29, 1.82) is 10.5 Å². The lowest BCUT2D eigenvalue weighted by Crippen LogP contribution is -2.31. The van der Waals surface area contributed by atoms with Crippen molar-refractivity contribution >= 4 is 21.4 Å². The summed E-state index contributed by atoms with van der Waals surface area (Å²) < 4.78 is 27.5. The molecule has 0 saturated heterocycles. The van der Waals surface area contributed by atoms with Gasteiger partial charge in [0.2, 0.25) is 0 Å². The Morgan fingerprint density at radius 3 is 2.28 bits per heavy atom. The van der Waals surface area contributed by atoms with Crippen LogP contribution in [0.2, 0.25) is 0 Å². The molecule has 0 heterocycles. The summed E-state index contributed by atoms with van der Waals surface area (Å²) >= 11 is 0. The van der Waals surface area contributed by atoms with Crippen LogP contribution in [0, 0.1) is 22.7 Å². The van der Waals surface area contributed by atoms with E-state index in [9.17, 15) is 8.42 Å². The van der Waals surface area contributed by atoms with Crippen LogP contribution < -0.4 is 9.62 Å². The molecule has 2 rings (SSSR count). The molecule has 0 fully saturated rings. The molecule has 25 heavy (non-hydrogen) atoms. The summed E-state index contributed by atoms with van der Waals surface area (Å²) in [6.45, 7) is 2.02. The Morgan fingerprint density at radius 1 is 1.08 bits per heavy atom. The molecule has 0 aliphatic carbocycles. The monoisotopic (exact) mass is 352 g/mol. The van der Waals surface area contributed by atoms with Gasteiger partial charge in [-0.3, -0.25) is 4.31 Å². The zero-order valence-electron chi connectivity index (χ0n) is 13.5. The molecule has 1 N–H and O–H groups in total. The summed E-state index contributed by atoms with van der Waals surface area (Å²) in [6, 6.07) is 18.6. The first-order valence-electron chi connectivity index (χ1n) is 7.48. The molecular formula is C18H16N4O2S. The molecule has 0 saturated carbocycles. The first-order valence-corrected chi connectivity index (χ1v) is 8.92. The number of benzene rings is 2. The summed E-state index contributed by atoms with van der Waals surface area (Å²) in [4.78, 5) is 0.0622. The molecular weight excluding hydrogens is 336 g/mol. The van der Waals surface area contributed by atoms with Crippen molar-refractivity contribution in [3.05, 3.63) is 66.4 Å². The largest absolute Gasteiger partial charge is 0.359 e. The van der Waals surface area contributed by atoms with Crippen LogP contribution in [0.25, 0.3) is 0 Å². The van der Waals surface area contributed by atoms with Gasteiger partial charge in [0.15, 0.2) is 0 Å². The van der Waals surface area contributed by atoms with E-state index in [0.717, 1.165) is 0 Å². The highest BCUT2D eigenvalue weighted by Gasteiger charge is 2.25. The van der Waals surface area contributed by atoms with Crippen molar-refractivity contribution in [2.75, 3.05) is 16.2 Å². The van der Waals surface area contributed by atoms with E-state index >= 15 is 0 Å². The number of nitrogens with zero attached hydrogens (tertiary/aromatic N) is 3. The average molecular weight is 352 g/mol. The number of anilines is 2. The van der Waals surface area contributed by atoms with Crippen LogP contribution in [-0.4, -0.2) is 15.0 Å². The molecule has 0 spiro atoms. The number of sulfonamides is 1. The number of nitriles is 2. The molecule has 7 heteroatoms. The summed E-state index contributed by atoms with van der Waals surface area (Å²) in [5.41, 5.74) is 0.701. The van der Waals surface area contributed by atoms with E-state index in [-0.39, 0.29) is 17.0 Å². The Morgan fingerprint density at radius 2 is 1.68 bits per heavy atom. The molecule has 0 radical (unpaired) electrons. The Kier molecular flexibility index (Phi) is 5.78. The van der Waals surface area contributed by atoms with Gasteiger partial charge < -0.3 is 5.32 Å². The Bertz CT molecular complexity index is 939. The molecule has 0 aromatic heterocycles. The molecule has 0 amide bonds. The fourth-order valence-electron chi connectivity index (χ4n) is 2.25. The lowest BCUT2D eigenvalue weighted by Gasteiger charge is -2.24. The average Bonchev–Trinajstić information content (AvgIpc) is 2.64. The van der Waals surface area contributed by atoms with Crippen LogP contribution >= 0.6 is 0 Å². The van der Waals surface area contributed by atoms with Crippen LogP contribution in [0.15, 0.2) is 71.3 Å². The minimum Gasteiger partial charge on any atom is -0.359 e. The van der Waals surface area contributed by atoms with E-state index in [1.54, 1.807) is 61.5 Å². The van der Waals surface area contributed by atoms with Gasteiger partial charge in [0.25, 0.3) is 10.0 Å². The molecule has 0 atom stereocenters. The highest BCUT2D eigenvalue weighted by molar-refractivity contribution is 7.93. The summed E-state index contributed by atoms with van der Waals surface area (Å²) in [7, 11) is -3.82. The van der Waals surface area contributed by atoms with Gasteiger partial charge in [0.1, 0.15) is 22.6 Å². The number of allylic oxidation sites excluding steroid dienone is 1. The Labute approximate surface area is 147 Å². The Hall–Kier alpha value is -3.29. The van der Waals surface area contributed by atoms with Crippen molar-refractivity contribution in [2.24, 2.45) is 0 Å². The van der Waals surface area contributed by atoms with Crippen LogP contribution in [0.3, 0.4) is 0 Å². The highest BCUT2D eigenvalue weighted by atomic mass is 32.2. The fourth-order valence-corrected chi connectivity index (χ4v) is 3.89. The van der Waals surface area contributed by atoms with Gasteiger partial charge in [0, 0.05) is 12.7 Å². The van der Waals surface area contributed by atoms with Crippen molar-refractivity contribution in [3.63, 3.8) is 0 Å². The molecule has 6 nitrogen and oxygen atoms in total. The fraction of sp³-hybridized carbons (Fsp3) is 0.111. The van der Waals surface area contributed by atoms with Gasteiger partial charge >= 0.3 is 0 Å². The van der Waals surface area contributed by atoms with E-state index in [2.05, 4.69) is 5.32 Å². The lowest BCUT2D eigenvalue weighted by molar-refractivity contribution is 0.592. The highest BCUT2D eigenvalue weighted by Crippen LogP contribution is 2.28. The minimum absolute atomic E-state index is 0.0622. The SMILES string of the molecule is CCN(c1ccccc1)S(=O)(=O)c1ccccc1NC=C(C#N)C#N. The van der Waals surface area contributed by atoms with E-state index in [1.165, 1.54) is 16.6 Å². The van der Waals surface area contributed by atoms with Crippen molar-refractivity contribution in [3.8, 4) is 12.1 Å². The molecule has 0 bridgehead atoms. The second-order valence-electron chi connectivity index (χ2n) is 4.93. The first kappa shape index (κ1) is 18.1. The van der Waals surface area contributed by atoms with E-state index in [4.69, 9.17) is 10.5 Å². The van der Waals surface area contributed by atoms with E-state index < -0.39 is 10.0 Å². The van der Waals surface area contributed by atoms with Gasteiger partial charge in [0.05, 0.1) is 11.4 Å². The van der Waals surface area contributed by atoms with Gasteiger partial charge in [-0.1, -0.05) is 30.3 Å². The third-order valence-electron chi connectivity index (χ3n) is 3.40. The van der Waals surface area contributed by atoms with Crippen molar-refractivity contribution < 1.29 is 8.42 Å².